The number of hydrogen-bond acceptors (Lipinski definition) is 5. The molecule has 1 aliphatic rings. The van der Waals surface area contributed by atoms with Gasteiger partial charge in [0.25, 0.3) is 11.8 Å². The largest absolute Gasteiger partial charge is 0.362 e. The summed E-state index contributed by atoms with van der Waals surface area (Å²) in [4.78, 5) is 35.4. The van der Waals surface area contributed by atoms with Gasteiger partial charge in [-0.15, -0.1) is 0 Å². The molecule has 2 heterocycles. The van der Waals surface area contributed by atoms with Gasteiger partial charge in [0.15, 0.2) is 5.60 Å². The van der Waals surface area contributed by atoms with Gasteiger partial charge in [0.1, 0.15) is 5.69 Å². The first-order valence-electron chi connectivity index (χ1n) is 6.35. The van der Waals surface area contributed by atoms with Crippen molar-refractivity contribution in [2.45, 2.75) is 12.5 Å². The highest BCUT2D eigenvalue weighted by atomic mass is 16.5. The van der Waals surface area contributed by atoms with Crippen LogP contribution in [0.1, 0.15) is 17.4 Å². The van der Waals surface area contributed by atoms with E-state index in [9.17, 15) is 9.59 Å². The van der Waals surface area contributed by atoms with Crippen molar-refractivity contribution in [1.82, 2.24) is 19.8 Å². The molecule has 0 aromatic carbocycles. The van der Waals surface area contributed by atoms with E-state index in [0.29, 0.717) is 13.2 Å². The van der Waals surface area contributed by atoms with Crippen molar-refractivity contribution in [1.29, 1.82) is 0 Å². The molecule has 1 aliphatic heterocycles. The maximum atomic E-state index is 12.3. The van der Waals surface area contributed by atoms with Crippen LogP contribution >= 0.6 is 0 Å². The summed E-state index contributed by atoms with van der Waals surface area (Å²) in [6.45, 7) is 2.67. The summed E-state index contributed by atoms with van der Waals surface area (Å²) in [5, 5.41) is 0. The zero-order chi connectivity index (χ0) is 14.8. The summed E-state index contributed by atoms with van der Waals surface area (Å²) in [7, 11) is 3.33. The summed E-state index contributed by atoms with van der Waals surface area (Å²) in [5.74, 6) is -0.395. The minimum atomic E-state index is -1.01. The third-order valence-electron chi connectivity index (χ3n) is 3.20. The number of likely N-dealkylation sites (N-methyl/N-ethyl adjacent to an activating group) is 1. The second kappa shape index (κ2) is 5.54. The monoisotopic (exact) mass is 278 g/mol. The van der Waals surface area contributed by atoms with Crippen molar-refractivity contribution in [3.8, 4) is 0 Å². The van der Waals surface area contributed by atoms with Gasteiger partial charge in [0.05, 0.1) is 19.3 Å². The van der Waals surface area contributed by atoms with Gasteiger partial charge in [-0.2, -0.15) is 0 Å². The Morgan fingerprint density at radius 3 is 2.75 bits per heavy atom. The first-order chi connectivity index (χ1) is 9.44. The summed E-state index contributed by atoms with van der Waals surface area (Å²) < 4.78 is 5.58. The minimum Gasteiger partial charge on any atom is -0.362 e. The van der Waals surface area contributed by atoms with E-state index >= 15 is 0 Å². The molecule has 0 saturated carbocycles. The maximum Gasteiger partial charge on any atom is 0.274 e. The van der Waals surface area contributed by atoms with Gasteiger partial charge in [-0.05, 0) is 6.92 Å². The number of ether oxygens (including phenoxy) is 1. The number of rotatable bonds is 2. The number of carbonyl (C=O) groups excluding carboxylic acids is 2. The van der Waals surface area contributed by atoms with Gasteiger partial charge in [-0.25, -0.2) is 4.98 Å². The van der Waals surface area contributed by atoms with E-state index in [4.69, 9.17) is 4.74 Å². The van der Waals surface area contributed by atoms with Crippen LogP contribution in [0.2, 0.25) is 0 Å². The fraction of sp³-hybridized carbons (Fsp3) is 0.538. The fourth-order valence-electron chi connectivity index (χ4n) is 2.22. The summed E-state index contributed by atoms with van der Waals surface area (Å²) in [6, 6.07) is 0. The van der Waals surface area contributed by atoms with Crippen molar-refractivity contribution in [2.75, 3.05) is 33.8 Å². The van der Waals surface area contributed by atoms with Crippen LogP contribution in [-0.4, -0.2) is 71.0 Å². The summed E-state index contributed by atoms with van der Waals surface area (Å²) >= 11 is 0. The lowest BCUT2D eigenvalue weighted by atomic mass is 10.0. The van der Waals surface area contributed by atoms with Crippen LogP contribution < -0.4 is 0 Å². The molecule has 0 aliphatic carbocycles. The standard InChI is InChI=1S/C13H18N4O3/c1-13(12(19)16(2)3)9-17(6-7-20-13)11(18)10-8-14-4-5-15-10/h4-5,8H,6-7,9H2,1-3H3. The molecule has 0 spiro atoms. The molecule has 2 rings (SSSR count). The van der Waals surface area contributed by atoms with Gasteiger partial charge in [0, 0.05) is 33.0 Å². The van der Waals surface area contributed by atoms with Crippen molar-refractivity contribution in [2.24, 2.45) is 0 Å². The predicted octanol–water partition coefficient (Wildman–Crippen LogP) is -0.204. The first-order valence-corrected chi connectivity index (χ1v) is 6.35. The molecule has 1 atom stereocenters. The second-order valence-electron chi connectivity index (χ2n) is 5.10. The average Bonchev–Trinajstić information content (AvgIpc) is 2.46. The Balaban J connectivity index is 2.15. The Morgan fingerprint density at radius 1 is 1.40 bits per heavy atom. The zero-order valence-corrected chi connectivity index (χ0v) is 11.9. The Morgan fingerprint density at radius 2 is 2.15 bits per heavy atom. The van der Waals surface area contributed by atoms with E-state index < -0.39 is 5.60 Å². The van der Waals surface area contributed by atoms with Crippen LogP contribution in [0.3, 0.4) is 0 Å². The highest BCUT2D eigenvalue weighted by Gasteiger charge is 2.41. The van der Waals surface area contributed by atoms with E-state index in [1.807, 2.05) is 0 Å². The lowest BCUT2D eigenvalue weighted by molar-refractivity contribution is -0.162. The Labute approximate surface area is 117 Å². The van der Waals surface area contributed by atoms with Crippen LogP contribution in [-0.2, 0) is 9.53 Å². The third-order valence-corrected chi connectivity index (χ3v) is 3.20. The van der Waals surface area contributed by atoms with E-state index in [1.54, 1.807) is 25.9 Å². The highest BCUT2D eigenvalue weighted by Crippen LogP contribution is 2.20. The zero-order valence-electron chi connectivity index (χ0n) is 11.9. The van der Waals surface area contributed by atoms with E-state index in [0.717, 1.165) is 0 Å². The molecule has 0 bridgehead atoms. The normalized spacial score (nSPS) is 22.4. The number of carbonyl (C=O) groups is 2. The van der Waals surface area contributed by atoms with Crippen molar-refractivity contribution < 1.29 is 14.3 Å². The lowest BCUT2D eigenvalue weighted by Gasteiger charge is -2.40. The molecular weight excluding hydrogens is 260 g/mol. The molecule has 1 aromatic heterocycles. The van der Waals surface area contributed by atoms with Crippen LogP contribution in [0.5, 0.6) is 0 Å². The van der Waals surface area contributed by atoms with Gasteiger partial charge in [-0.3, -0.25) is 14.6 Å². The van der Waals surface area contributed by atoms with Crippen molar-refractivity contribution in [3.63, 3.8) is 0 Å². The average molecular weight is 278 g/mol. The lowest BCUT2D eigenvalue weighted by Crippen LogP contribution is -2.59. The SMILES string of the molecule is CN(C)C(=O)C1(C)CN(C(=O)c2cnccn2)CCO1. The van der Waals surface area contributed by atoms with Crippen LogP contribution in [0.25, 0.3) is 0 Å². The van der Waals surface area contributed by atoms with Crippen LogP contribution in [0.15, 0.2) is 18.6 Å². The molecule has 7 heteroatoms. The smallest absolute Gasteiger partial charge is 0.274 e. The van der Waals surface area contributed by atoms with Gasteiger partial charge in [-0.1, -0.05) is 0 Å². The number of aromatic nitrogens is 2. The van der Waals surface area contributed by atoms with Gasteiger partial charge >= 0.3 is 0 Å². The fourth-order valence-corrected chi connectivity index (χ4v) is 2.22. The van der Waals surface area contributed by atoms with Gasteiger partial charge in [0.2, 0.25) is 0 Å². The third kappa shape index (κ3) is 2.77. The molecule has 1 saturated heterocycles. The quantitative estimate of drug-likeness (QED) is 0.748. The predicted molar refractivity (Wildman–Crippen MR) is 71.0 cm³/mol. The first kappa shape index (κ1) is 14.4. The van der Waals surface area contributed by atoms with Gasteiger partial charge < -0.3 is 14.5 Å². The number of morpholine rings is 1. The van der Waals surface area contributed by atoms with Crippen molar-refractivity contribution in [3.05, 3.63) is 24.3 Å². The number of hydrogen-bond donors (Lipinski definition) is 0. The Kier molecular flexibility index (Phi) is 3.99. The van der Waals surface area contributed by atoms with Crippen LogP contribution in [0, 0.1) is 0 Å². The minimum absolute atomic E-state index is 0.158. The van der Waals surface area contributed by atoms with E-state index in [2.05, 4.69) is 9.97 Å². The second-order valence-corrected chi connectivity index (χ2v) is 5.10. The van der Waals surface area contributed by atoms with Crippen molar-refractivity contribution >= 4 is 11.8 Å². The summed E-state index contributed by atoms with van der Waals surface area (Å²) in [5.41, 5.74) is -0.742. The molecular formula is C13H18N4O3. The topological polar surface area (TPSA) is 75.6 Å². The van der Waals surface area contributed by atoms with E-state index in [-0.39, 0.29) is 24.1 Å². The molecule has 0 radical (unpaired) electrons. The molecule has 1 unspecified atom stereocenters. The molecule has 2 amide bonds. The number of amides is 2. The molecule has 1 aromatic rings. The summed E-state index contributed by atoms with van der Waals surface area (Å²) in [6.07, 6.45) is 4.40. The Hall–Kier alpha value is -2.02. The highest BCUT2D eigenvalue weighted by molar-refractivity contribution is 5.93. The number of nitrogens with zero attached hydrogens (tertiary/aromatic N) is 4. The molecule has 7 nitrogen and oxygen atoms in total. The molecule has 20 heavy (non-hydrogen) atoms. The molecule has 108 valence electrons. The molecule has 0 N–H and O–H groups in total. The van der Waals surface area contributed by atoms with E-state index in [1.165, 1.54) is 23.5 Å². The van der Waals surface area contributed by atoms with Crippen LogP contribution in [0.4, 0.5) is 0 Å². The molecule has 1 fully saturated rings. The Bertz CT molecular complexity index is 506. The maximum absolute atomic E-state index is 12.3.